The van der Waals surface area contributed by atoms with E-state index in [9.17, 15) is 5.11 Å². The first-order chi connectivity index (χ1) is 11.3. The maximum Gasteiger partial charge on any atom is 0.122 e. The van der Waals surface area contributed by atoms with Crippen molar-refractivity contribution in [1.82, 2.24) is 0 Å². The predicted octanol–water partition coefficient (Wildman–Crippen LogP) is 5.05. The molecule has 5 heteroatoms. The van der Waals surface area contributed by atoms with E-state index in [1.807, 2.05) is 52.0 Å². The van der Waals surface area contributed by atoms with Crippen molar-refractivity contribution in [3.8, 4) is 11.5 Å². The number of rotatable bonds is 6. The van der Waals surface area contributed by atoms with Crippen LogP contribution in [-0.2, 0) is 0 Å². The van der Waals surface area contributed by atoms with Gasteiger partial charge in [-0.05, 0) is 74.2 Å². The standard InChI is InChI=1S/C19H22Cl2O3/c1-11-5-16(6-12(2)18(11)20)23-9-15(22)10-24-17-7-13(3)19(21)14(4)8-17/h5-8,15,22H,9-10H2,1-4H3. The molecule has 3 nitrogen and oxygen atoms in total. The molecule has 0 saturated heterocycles. The average Bonchev–Trinajstić information content (AvgIpc) is 2.53. The van der Waals surface area contributed by atoms with E-state index in [1.54, 1.807) is 0 Å². The molecule has 0 aliphatic heterocycles. The lowest BCUT2D eigenvalue weighted by Gasteiger charge is -2.16. The first kappa shape index (κ1) is 18.9. The summed E-state index contributed by atoms with van der Waals surface area (Å²) in [7, 11) is 0. The van der Waals surface area contributed by atoms with E-state index in [1.165, 1.54) is 0 Å². The predicted molar refractivity (Wildman–Crippen MR) is 98.8 cm³/mol. The molecule has 0 fully saturated rings. The van der Waals surface area contributed by atoms with E-state index in [2.05, 4.69) is 0 Å². The summed E-state index contributed by atoms with van der Waals surface area (Å²) >= 11 is 12.3. The molecule has 2 aromatic carbocycles. The topological polar surface area (TPSA) is 38.7 Å². The van der Waals surface area contributed by atoms with Crippen molar-refractivity contribution < 1.29 is 14.6 Å². The third-order valence-electron chi connectivity index (χ3n) is 3.70. The van der Waals surface area contributed by atoms with Crippen molar-refractivity contribution >= 4 is 23.2 Å². The highest BCUT2D eigenvalue weighted by molar-refractivity contribution is 6.32. The minimum atomic E-state index is -0.738. The lowest BCUT2D eigenvalue weighted by Crippen LogP contribution is -2.25. The molecule has 0 aliphatic carbocycles. The Morgan fingerprint density at radius 2 is 1.04 bits per heavy atom. The van der Waals surface area contributed by atoms with Gasteiger partial charge in [0.25, 0.3) is 0 Å². The maximum atomic E-state index is 10.1. The molecule has 0 amide bonds. The van der Waals surface area contributed by atoms with Gasteiger partial charge in [0.2, 0.25) is 0 Å². The fourth-order valence-electron chi connectivity index (χ4n) is 2.41. The van der Waals surface area contributed by atoms with Gasteiger partial charge in [-0.1, -0.05) is 23.2 Å². The van der Waals surface area contributed by atoms with Gasteiger partial charge >= 0.3 is 0 Å². The Morgan fingerprint density at radius 1 is 0.750 bits per heavy atom. The Balaban J connectivity index is 1.89. The smallest absolute Gasteiger partial charge is 0.122 e. The third kappa shape index (κ3) is 4.79. The summed E-state index contributed by atoms with van der Waals surface area (Å²) in [6.07, 6.45) is -0.738. The molecule has 130 valence electrons. The van der Waals surface area contributed by atoms with Gasteiger partial charge in [-0.3, -0.25) is 0 Å². The Labute approximate surface area is 153 Å². The summed E-state index contributed by atoms with van der Waals surface area (Å²) in [5.41, 5.74) is 3.79. The van der Waals surface area contributed by atoms with Crippen molar-refractivity contribution in [3.05, 3.63) is 56.6 Å². The number of benzene rings is 2. The number of aliphatic hydroxyl groups excluding tert-OH is 1. The third-order valence-corrected chi connectivity index (χ3v) is 4.90. The molecular weight excluding hydrogens is 347 g/mol. The van der Waals surface area contributed by atoms with Crippen LogP contribution in [0.2, 0.25) is 10.0 Å². The second kappa shape index (κ2) is 8.11. The van der Waals surface area contributed by atoms with Crippen LogP contribution in [-0.4, -0.2) is 24.4 Å². The second-order valence-electron chi connectivity index (χ2n) is 6.02. The molecule has 0 spiro atoms. The van der Waals surface area contributed by atoms with Crippen LogP contribution < -0.4 is 9.47 Å². The zero-order chi connectivity index (χ0) is 17.9. The number of hydrogen-bond donors (Lipinski definition) is 1. The minimum absolute atomic E-state index is 0.145. The maximum absolute atomic E-state index is 10.1. The van der Waals surface area contributed by atoms with Crippen molar-refractivity contribution in [2.75, 3.05) is 13.2 Å². The van der Waals surface area contributed by atoms with Crippen molar-refractivity contribution in [2.45, 2.75) is 33.8 Å². The van der Waals surface area contributed by atoms with Gasteiger partial charge in [0.1, 0.15) is 30.8 Å². The van der Waals surface area contributed by atoms with Crippen LogP contribution >= 0.6 is 23.2 Å². The average molecular weight is 369 g/mol. The minimum Gasteiger partial charge on any atom is -0.491 e. The summed E-state index contributed by atoms with van der Waals surface area (Å²) < 4.78 is 11.3. The summed E-state index contributed by atoms with van der Waals surface area (Å²) in [5.74, 6) is 1.37. The molecule has 0 bridgehead atoms. The van der Waals surface area contributed by atoms with Gasteiger partial charge in [-0.2, -0.15) is 0 Å². The first-order valence-corrected chi connectivity index (χ1v) is 8.50. The molecule has 0 saturated carbocycles. The van der Waals surface area contributed by atoms with Gasteiger partial charge in [0, 0.05) is 10.0 Å². The fraction of sp³-hybridized carbons (Fsp3) is 0.368. The molecule has 0 atom stereocenters. The second-order valence-corrected chi connectivity index (χ2v) is 6.77. The van der Waals surface area contributed by atoms with Gasteiger partial charge < -0.3 is 14.6 Å². The first-order valence-electron chi connectivity index (χ1n) is 7.75. The SMILES string of the molecule is Cc1cc(OCC(O)COc2cc(C)c(Cl)c(C)c2)cc(C)c1Cl. The lowest BCUT2D eigenvalue weighted by atomic mass is 10.1. The van der Waals surface area contributed by atoms with E-state index in [-0.39, 0.29) is 13.2 Å². The fourth-order valence-corrected chi connectivity index (χ4v) is 2.63. The largest absolute Gasteiger partial charge is 0.491 e. The van der Waals surface area contributed by atoms with Crippen LogP contribution in [0.3, 0.4) is 0 Å². The zero-order valence-corrected chi connectivity index (χ0v) is 15.8. The quantitative estimate of drug-likeness (QED) is 0.775. The number of halogens is 2. The van der Waals surface area contributed by atoms with Crippen molar-refractivity contribution in [1.29, 1.82) is 0 Å². The van der Waals surface area contributed by atoms with Gasteiger partial charge in [-0.15, -0.1) is 0 Å². The molecule has 0 radical (unpaired) electrons. The molecule has 24 heavy (non-hydrogen) atoms. The van der Waals surface area contributed by atoms with Gasteiger partial charge in [0.15, 0.2) is 0 Å². The Bertz CT molecular complexity index is 621. The van der Waals surface area contributed by atoms with Crippen LogP contribution in [0.25, 0.3) is 0 Å². The normalized spacial score (nSPS) is 11.0. The molecule has 0 heterocycles. The molecule has 0 aromatic heterocycles. The summed E-state index contributed by atoms with van der Waals surface area (Å²) in [6.45, 7) is 7.98. The van der Waals surface area contributed by atoms with Gasteiger partial charge in [-0.25, -0.2) is 0 Å². The number of aryl methyl sites for hydroxylation is 4. The Kier molecular flexibility index (Phi) is 6.39. The molecule has 2 rings (SSSR count). The summed E-state index contributed by atoms with van der Waals surface area (Å²) in [5, 5.41) is 11.5. The van der Waals surface area contributed by atoms with Gasteiger partial charge in [0.05, 0.1) is 0 Å². The Hall–Kier alpha value is -1.42. The highest BCUT2D eigenvalue weighted by Crippen LogP contribution is 2.27. The molecular formula is C19H22Cl2O3. The molecule has 1 N–H and O–H groups in total. The molecule has 0 aliphatic rings. The van der Waals surface area contributed by atoms with E-state index >= 15 is 0 Å². The van der Waals surface area contributed by atoms with Crippen molar-refractivity contribution in [2.24, 2.45) is 0 Å². The van der Waals surface area contributed by atoms with Crippen LogP contribution in [0, 0.1) is 27.7 Å². The monoisotopic (exact) mass is 368 g/mol. The number of hydrogen-bond acceptors (Lipinski definition) is 3. The van der Waals surface area contributed by atoms with E-state index in [0.717, 1.165) is 32.3 Å². The van der Waals surface area contributed by atoms with Crippen LogP contribution in [0.15, 0.2) is 24.3 Å². The molecule has 0 unspecified atom stereocenters. The Morgan fingerprint density at radius 3 is 1.33 bits per heavy atom. The van der Waals surface area contributed by atoms with Crippen LogP contribution in [0.5, 0.6) is 11.5 Å². The summed E-state index contributed by atoms with van der Waals surface area (Å²) in [4.78, 5) is 0. The van der Waals surface area contributed by atoms with E-state index in [4.69, 9.17) is 32.7 Å². The van der Waals surface area contributed by atoms with E-state index in [0.29, 0.717) is 11.5 Å². The molecule has 2 aromatic rings. The van der Waals surface area contributed by atoms with E-state index < -0.39 is 6.10 Å². The highest BCUT2D eigenvalue weighted by Gasteiger charge is 2.10. The van der Waals surface area contributed by atoms with Crippen LogP contribution in [0.4, 0.5) is 0 Å². The zero-order valence-electron chi connectivity index (χ0n) is 14.3. The number of aliphatic hydroxyl groups is 1. The summed E-state index contributed by atoms with van der Waals surface area (Å²) in [6, 6.07) is 7.42. The van der Waals surface area contributed by atoms with Crippen LogP contribution in [0.1, 0.15) is 22.3 Å². The lowest BCUT2D eigenvalue weighted by molar-refractivity contribution is 0.0626. The van der Waals surface area contributed by atoms with Crippen molar-refractivity contribution in [3.63, 3.8) is 0 Å². The highest BCUT2D eigenvalue weighted by atomic mass is 35.5. The number of ether oxygens (including phenoxy) is 2.